The van der Waals surface area contributed by atoms with Crippen molar-refractivity contribution in [2.24, 2.45) is 0 Å². The van der Waals surface area contributed by atoms with Gasteiger partial charge in [0.15, 0.2) is 11.5 Å². The molecule has 0 spiro atoms. The molecule has 7 nitrogen and oxygen atoms in total. The summed E-state index contributed by atoms with van der Waals surface area (Å²) < 4.78 is 46.1. The van der Waals surface area contributed by atoms with Crippen LogP contribution in [0.5, 0.6) is 0 Å². The molecule has 1 aliphatic rings. The number of anilines is 1. The normalized spacial score (nSPS) is 16.1. The second-order valence-electron chi connectivity index (χ2n) is 6.23. The molecule has 26 heavy (non-hydrogen) atoms. The fourth-order valence-corrected chi connectivity index (χ4v) is 4.98. The van der Waals surface area contributed by atoms with E-state index in [0.29, 0.717) is 24.5 Å². The van der Waals surface area contributed by atoms with Crippen LogP contribution in [0.4, 0.5) is 10.1 Å². The third-order valence-corrected chi connectivity index (χ3v) is 6.63. The van der Waals surface area contributed by atoms with Gasteiger partial charge in [0, 0.05) is 26.2 Å². The number of halogens is 1. The topological polar surface area (TPSA) is 83.7 Å². The lowest BCUT2D eigenvalue weighted by Gasteiger charge is -2.36. The number of carbonyl (C=O) groups excluding carboxylic acids is 1. The molecule has 140 valence electrons. The Morgan fingerprint density at radius 1 is 1.19 bits per heavy atom. The monoisotopic (exact) mass is 381 g/mol. The second-order valence-corrected chi connectivity index (χ2v) is 8.11. The summed E-state index contributed by atoms with van der Waals surface area (Å²) >= 11 is 0. The van der Waals surface area contributed by atoms with Crippen molar-refractivity contribution in [3.05, 3.63) is 41.0 Å². The summed E-state index contributed by atoms with van der Waals surface area (Å²) in [5.41, 5.74) is 0.857. The molecule has 3 rings (SSSR count). The molecular formula is C17H20FN3O4S. The first-order valence-corrected chi connectivity index (χ1v) is 9.65. The smallest absolute Gasteiger partial charge is 0.248 e. The highest BCUT2D eigenvalue weighted by atomic mass is 32.2. The molecule has 0 N–H and O–H groups in total. The highest BCUT2D eigenvalue weighted by Crippen LogP contribution is 2.28. The van der Waals surface area contributed by atoms with Crippen LogP contribution in [0.2, 0.25) is 0 Å². The molecule has 0 unspecified atom stereocenters. The molecule has 1 aromatic carbocycles. The Balaban J connectivity index is 1.83. The summed E-state index contributed by atoms with van der Waals surface area (Å²) in [7, 11) is -3.71. The molecule has 9 heteroatoms. The molecule has 1 aliphatic heterocycles. The number of nitrogens with zero attached hydrogens (tertiary/aromatic N) is 3. The summed E-state index contributed by atoms with van der Waals surface area (Å²) in [5, 5.41) is 3.71. The fraction of sp³-hybridized carbons (Fsp3) is 0.412. The van der Waals surface area contributed by atoms with Gasteiger partial charge < -0.3 is 9.42 Å². The zero-order valence-electron chi connectivity index (χ0n) is 14.8. The minimum atomic E-state index is -3.71. The SMILES string of the molecule is CC(=O)c1c(F)cccc1N1CCN(S(=O)(=O)c2c(C)noc2C)CC1. The van der Waals surface area contributed by atoms with Crippen molar-refractivity contribution < 1.29 is 22.1 Å². The second kappa shape index (κ2) is 6.81. The highest BCUT2D eigenvalue weighted by molar-refractivity contribution is 7.89. The van der Waals surface area contributed by atoms with E-state index < -0.39 is 15.8 Å². The van der Waals surface area contributed by atoms with Gasteiger partial charge in [-0.25, -0.2) is 12.8 Å². The van der Waals surface area contributed by atoms with Gasteiger partial charge in [-0.15, -0.1) is 0 Å². The minimum Gasteiger partial charge on any atom is -0.368 e. The van der Waals surface area contributed by atoms with Crippen molar-refractivity contribution in [1.29, 1.82) is 0 Å². The van der Waals surface area contributed by atoms with Crippen LogP contribution in [-0.4, -0.2) is 49.8 Å². The van der Waals surface area contributed by atoms with Gasteiger partial charge in [0.1, 0.15) is 16.4 Å². The van der Waals surface area contributed by atoms with Crippen molar-refractivity contribution in [1.82, 2.24) is 9.46 Å². The number of aryl methyl sites for hydroxylation is 2. The third kappa shape index (κ3) is 3.12. The molecule has 0 saturated carbocycles. The van der Waals surface area contributed by atoms with E-state index in [9.17, 15) is 17.6 Å². The minimum absolute atomic E-state index is 0.0366. The van der Waals surface area contributed by atoms with Crippen molar-refractivity contribution >= 4 is 21.5 Å². The number of Topliss-reactive ketones (excluding diaryl/α,β-unsaturated/α-hetero) is 1. The van der Waals surface area contributed by atoms with Crippen molar-refractivity contribution in [2.45, 2.75) is 25.7 Å². The molecule has 0 radical (unpaired) electrons. The Hall–Kier alpha value is -2.26. The lowest BCUT2D eigenvalue weighted by Crippen LogP contribution is -2.49. The van der Waals surface area contributed by atoms with Gasteiger partial charge in [-0.05, 0) is 32.9 Å². The van der Waals surface area contributed by atoms with E-state index in [1.165, 1.54) is 17.3 Å². The molecule has 1 fully saturated rings. The first-order valence-electron chi connectivity index (χ1n) is 8.21. The summed E-state index contributed by atoms with van der Waals surface area (Å²) in [5.74, 6) is -0.668. The van der Waals surface area contributed by atoms with E-state index in [4.69, 9.17) is 4.52 Å². The maximum atomic E-state index is 14.0. The van der Waals surface area contributed by atoms with E-state index in [-0.39, 0.29) is 35.1 Å². The lowest BCUT2D eigenvalue weighted by molar-refractivity contribution is 0.101. The van der Waals surface area contributed by atoms with Gasteiger partial charge in [-0.2, -0.15) is 4.31 Å². The molecule has 0 amide bonds. The molecule has 0 bridgehead atoms. The lowest BCUT2D eigenvalue weighted by atomic mass is 10.1. The van der Waals surface area contributed by atoms with E-state index in [2.05, 4.69) is 5.16 Å². The number of carbonyl (C=O) groups is 1. The number of benzene rings is 1. The van der Waals surface area contributed by atoms with E-state index >= 15 is 0 Å². The Kier molecular flexibility index (Phi) is 4.85. The number of hydrogen-bond donors (Lipinski definition) is 0. The average Bonchev–Trinajstić information content (AvgIpc) is 2.93. The number of ketones is 1. The molecule has 1 saturated heterocycles. The van der Waals surface area contributed by atoms with Crippen molar-refractivity contribution in [2.75, 3.05) is 31.1 Å². The highest BCUT2D eigenvalue weighted by Gasteiger charge is 2.34. The van der Waals surface area contributed by atoms with Crippen LogP contribution in [0.1, 0.15) is 28.7 Å². The van der Waals surface area contributed by atoms with Crippen molar-refractivity contribution in [3.63, 3.8) is 0 Å². The number of sulfonamides is 1. The average molecular weight is 381 g/mol. The van der Waals surface area contributed by atoms with Gasteiger partial charge in [-0.3, -0.25) is 4.79 Å². The summed E-state index contributed by atoms with van der Waals surface area (Å²) in [6, 6.07) is 4.47. The molecule has 0 atom stereocenters. The van der Waals surface area contributed by atoms with Gasteiger partial charge in [-0.1, -0.05) is 11.2 Å². The third-order valence-electron chi connectivity index (χ3n) is 4.49. The van der Waals surface area contributed by atoms with Crippen LogP contribution in [0.25, 0.3) is 0 Å². The predicted octanol–water partition coefficient (Wildman–Crippen LogP) is 2.14. The Bertz CT molecular complexity index is 927. The van der Waals surface area contributed by atoms with Gasteiger partial charge in [0.05, 0.1) is 11.3 Å². The summed E-state index contributed by atoms with van der Waals surface area (Å²) in [4.78, 5) is 13.7. The quantitative estimate of drug-likeness (QED) is 0.755. The first kappa shape index (κ1) is 18.5. The number of aromatic nitrogens is 1. The number of piperazine rings is 1. The van der Waals surface area contributed by atoms with Gasteiger partial charge in [0.2, 0.25) is 10.0 Å². The number of hydrogen-bond acceptors (Lipinski definition) is 6. The first-order chi connectivity index (χ1) is 12.2. The van der Waals surface area contributed by atoms with Crippen LogP contribution in [0.3, 0.4) is 0 Å². The van der Waals surface area contributed by atoms with Crippen LogP contribution in [0.15, 0.2) is 27.6 Å². The molecule has 2 aromatic rings. The molecule has 1 aromatic heterocycles. The van der Waals surface area contributed by atoms with Crippen LogP contribution < -0.4 is 4.90 Å². The van der Waals surface area contributed by atoms with Crippen LogP contribution in [0, 0.1) is 19.7 Å². The number of rotatable bonds is 4. The summed E-state index contributed by atoms with van der Waals surface area (Å²) in [6.07, 6.45) is 0. The summed E-state index contributed by atoms with van der Waals surface area (Å²) in [6.45, 7) is 5.62. The standard InChI is InChI=1S/C17H20FN3O4S/c1-11-17(13(3)25-19-11)26(23,24)21-9-7-20(8-10-21)15-6-4-5-14(18)16(15)12(2)22/h4-6H,7-10H2,1-3H3. The fourth-order valence-electron chi connectivity index (χ4n) is 3.27. The zero-order valence-corrected chi connectivity index (χ0v) is 15.6. The maximum Gasteiger partial charge on any atom is 0.248 e. The largest absolute Gasteiger partial charge is 0.368 e. The van der Waals surface area contributed by atoms with E-state index in [0.717, 1.165) is 0 Å². The molecule has 2 heterocycles. The molecular weight excluding hydrogens is 361 g/mol. The predicted molar refractivity (Wildman–Crippen MR) is 93.4 cm³/mol. The van der Waals surface area contributed by atoms with Gasteiger partial charge in [0.25, 0.3) is 0 Å². The van der Waals surface area contributed by atoms with Crippen LogP contribution in [-0.2, 0) is 10.0 Å². The van der Waals surface area contributed by atoms with Crippen LogP contribution >= 0.6 is 0 Å². The van der Waals surface area contributed by atoms with Gasteiger partial charge >= 0.3 is 0 Å². The van der Waals surface area contributed by atoms with E-state index in [1.807, 2.05) is 4.90 Å². The zero-order chi connectivity index (χ0) is 19.1. The Labute approximate surface area is 151 Å². The molecule has 0 aliphatic carbocycles. The van der Waals surface area contributed by atoms with Crippen molar-refractivity contribution in [3.8, 4) is 0 Å². The maximum absolute atomic E-state index is 14.0. The van der Waals surface area contributed by atoms with E-state index in [1.54, 1.807) is 26.0 Å². The Morgan fingerprint density at radius 3 is 2.38 bits per heavy atom. The Morgan fingerprint density at radius 2 is 1.85 bits per heavy atom.